The lowest BCUT2D eigenvalue weighted by Gasteiger charge is -2.35. The molecule has 1 aliphatic rings. The van der Waals surface area contributed by atoms with Gasteiger partial charge in [0.15, 0.2) is 0 Å². The van der Waals surface area contributed by atoms with Gasteiger partial charge in [0.25, 0.3) is 0 Å². The van der Waals surface area contributed by atoms with E-state index in [-0.39, 0.29) is 0 Å². The summed E-state index contributed by atoms with van der Waals surface area (Å²) in [4.78, 5) is 9.28. The average molecular weight is 319 g/mol. The molecule has 3 heterocycles. The first-order valence-electron chi connectivity index (χ1n) is 8.36. The van der Waals surface area contributed by atoms with Gasteiger partial charge in [-0.05, 0) is 17.7 Å². The molecule has 122 valence electrons. The molecule has 3 aromatic rings. The zero-order valence-corrected chi connectivity index (χ0v) is 13.6. The van der Waals surface area contributed by atoms with Gasteiger partial charge < -0.3 is 4.90 Å². The molecule has 24 heavy (non-hydrogen) atoms. The van der Waals surface area contributed by atoms with Crippen LogP contribution in [0.4, 0.5) is 5.82 Å². The van der Waals surface area contributed by atoms with Crippen LogP contribution in [0.25, 0.3) is 11.3 Å². The van der Waals surface area contributed by atoms with Crippen LogP contribution in [0.15, 0.2) is 60.9 Å². The summed E-state index contributed by atoms with van der Waals surface area (Å²) in [5, 5.41) is 7.40. The normalized spacial score (nSPS) is 15.6. The van der Waals surface area contributed by atoms with Crippen LogP contribution in [0.1, 0.15) is 5.56 Å². The Balaban J connectivity index is 1.41. The zero-order valence-electron chi connectivity index (χ0n) is 13.6. The van der Waals surface area contributed by atoms with Crippen LogP contribution in [-0.2, 0) is 6.54 Å². The third-order valence-corrected chi connectivity index (χ3v) is 4.52. The number of hydrogen-bond acceptors (Lipinski definition) is 4. The second kappa shape index (κ2) is 6.84. The number of pyridine rings is 1. The number of rotatable bonds is 4. The van der Waals surface area contributed by atoms with Crippen molar-refractivity contribution in [1.29, 1.82) is 0 Å². The maximum atomic E-state index is 4.45. The molecular formula is C19H21N5. The van der Waals surface area contributed by atoms with Gasteiger partial charge in [0.2, 0.25) is 0 Å². The van der Waals surface area contributed by atoms with Crippen molar-refractivity contribution in [2.45, 2.75) is 6.54 Å². The fourth-order valence-electron chi connectivity index (χ4n) is 3.20. The lowest BCUT2D eigenvalue weighted by atomic mass is 10.1. The van der Waals surface area contributed by atoms with E-state index in [1.807, 2.05) is 30.6 Å². The zero-order chi connectivity index (χ0) is 16.2. The quantitative estimate of drug-likeness (QED) is 0.803. The highest BCUT2D eigenvalue weighted by atomic mass is 15.3. The Hall–Kier alpha value is -2.66. The van der Waals surface area contributed by atoms with Crippen molar-refractivity contribution in [3.63, 3.8) is 0 Å². The highest BCUT2D eigenvalue weighted by molar-refractivity contribution is 5.62. The molecule has 1 saturated heterocycles. The number of piperazine rings is 1. The summed E-state index contributed by atoms with van der Waals surface area (Å²) in [6.45, 7) is 5.02. The minimum absolute atomic E-state index is 0.927. The molecule has 0 aliphatic carbocycles. The predicted molar refractivity (Wildman–Crippen MR) is 95.8 cm³/mol. The van der Waals surface area contributed by atoms with Gasteiger partial charge in [0.1, 0.15) is 5.82 Å². The number of aromatic nitrogens is 3. The van der Waals surface area contributed by atoms with Crippen molar-refractivity contribution < 1.29 is 0 Å². The first kappa shape index (κ1) is 14.9. The number of benzene rings is 1. The second-order valence-electron chi connectivity index (χ2n) is 6.09. The van der Waals surface area contributed by atoms with Gasteiger partial charge in [-0.1, -0.05) is 36.4 Å². The Labute approximate surface area is 142 Å². The van der Waals surface area contributed by atoms with E-state index in [0.717, 1.165) is 44.2 Å². The molecule has 1 fully saturated rings. The van der Waals surface area contributed by atoms with E-state index in [9.17, 15) is 0 Å². The van der Waals surface area contributed by atoms with Crippen molar-refractivity contribution in [2.24, 2.45) is 0 Å². The molecule has 0 atom stereocenters. The van der Waals surface area contributed by atoms with E-state index in [2.05, 4.69) is 55.3 Å². The maximum absolute atomic E-state index is 4.45. The summed E-state index contributed by atoms with van der Waals surface area (Å²) >= 11 is 0. The van der Waals surface area contributed by atoms with Crippen LogP contribution in [0.2, 0.25) is 0 Å². The molecular weight excluding hydrogens is 298 g/mol. The van der Waals surface area contributed by atoms with Gasteiger partial charge in [0.05, 0.1) is 11.9 Å². The van der Waals surface area contributed by atoms with Gasteiger partial charge in [-0.3, -0.25) is 10.00 Å². The number of H-pyrrole nitrogens is 1. The largest absolute Gasteiger partial charge is 0.354 e. The van der Waals surface area contributed by atoms with Crippen LogP contribution in [-0.4, -0.2) is 46.3 Å². The van der Waals surface area contributed by atoms with Crippen molar-refractivity contribution in [3.05, 3.63) is 66.5 Å². The van der Waals surface area contributed by atoms with Crippen LogP contribution >= 0.6 is 0 Å². The predicted octanol–water partition coefficient (Wildman–Crippen LogP) is 2.79. The molecule has 0 spiro atoms. The van der Waals surface area contributed by atoms with Crippen LogP contribution < -0.4 is 4.90 Å². The van der Waals surface area contributed by atoms with Gasteiger partial charge in [-0.15, -0.1) is 0 Å². The number of aromatic amines is 1. The summed E-state index contributed by atoms with van der Waals surface area (Å²) in [5.74, 6) is 1.07. The summed E-state index contributed by atoms with van der Waals surface area (Å²) < 4.78 is 0. The minimum Gasteiger partial charge on any atom is -0.354 e. The number of nitrogens with zero attached hydrogens (tertiary/aromatic N) is 4. The molecule has 0 amide bonds. The van der Waals surface area contributed by atoms with Crippen molar-refractivity contribution in [1.82, 2.24) is 20.1 Å². The van der Waals surface area contributed by atoms with Crippen LogP contribution in [0.5, 0.6) is 0 Å². The molecule has 0 bridgehead atoms. The number of nitrogens with one attached hydrogen (secondary N) is 1. The molecule has 1 aliphatic heterocycles. The number of anilines is 1. The van der Waals surface area contributed by atoms with E-state index in [0.29, 0.717) is 0 Å². The SMILES string of the molecule is c1ccc(-c2[nH]ncc2CN2CCN(c3ccccn3)CC2)cc1. The Morgan fingerprint density at radius 2 is 1.71 bits per heavy atom. The third-order valence-electron chi connectivity index (χ3n) is 4.52. The van der Waals surface area contributed by atoms with Crippen LogP contribution in [0.3, 0.4) is 0 Å². The molecule has 5 nitrogen and oxygen atoms in total. The molecule has 2 aromatic heterocycles. The highest BCUT2D eigenvalue weighted by Crippen LogP contribution is 2.22. The van der Waals surface area contributed by atoms with E-state index >= 15 is 0 Å². The van der Waals surface area contributed by atoms with Crippen LogP contribution in [0, 0.1) is 0 Å². The molecule has 4 rings (SSSR count). The molecule has 1 N–H and O–H groups in total. The van der Waals surface area contributed by atoms with Crippen molar-refractivity contribution >= 4 is 5.82 Å². The monoisotopic (exact) mass is 319 g/mol. The van der Waals surface area contributed by atoms with E-state index in [1.165, 1.54) is 11.1 Å². The summed E-state index contributed by atoms with van der Waals surface area (Å²) in [6.07, 6.45) is 3.81. The molecule has 0 saturated carbocycles. The standard InChI is InChI=1S/C19H21N5/c1-2-6-16(7-3-1)19-17(14-21-22-19)15-23-10-12-24(13-11-23)18-8-4-5-9-20-18/h1-9,14H,10-13,15H2,(H,21,22). The first-order chi connectivity index (χ1) is 11.9. The third kappa shape index (κ3) is 3.16. The average Bonchev–Trinajstić information content (AvgIpc) is 3.12. The van der Waals surface area contributed by atoms with Crippen molar-refractivity contribution in [3.8, 4) is 11.3 Å². The minimum atomic E-state index is 0.927. The summed E-state index contributed by atoms with van der Waals surface area (Å²) in [6, 6.07) is 16.5. The Morgan fingerprint density at radius 1 is 0.917 bits per heavy atom. The Morgan fingerprint density at radius 3 is 2.46 bits per heavy atom. The molecule has 5 heteroatoms. The van der Waals surface area contributed by atoms with Gasteiger partial charge >= 0.3 is 0 Å². The van der Waals surface area contributed by atoms with E-state index < -0.39 is 0 Å². The van der Waals surface area contributed by atoms with E-state index in [4.69, 9.17) is 0 Å². The molecule has 0 unspecified atom stereocenters. The fourth-order valence-corrected chi connectivity index (χ4v) is 3.20. The Kier molecular flexibility index (Phi) is 4.25. The van der Waals surface area contributed by atoms with Crippen molar-refractivity contribution in [2.75, 3.05) is 31.1 Å². The number of hydrogen-bond donors (Lipinski definition) is 1. The highest BCUT2D eigenvalue weighted by Gasteiger charge is 2.19. The lowest BCUT2D eigenvalue weighted by Crippen LogP contribution is -2.46. The first-order valence-corrected chi connectivity index (χ1v) is 8.36. The lowest BCUT2D eigenvalue weighted by molar-refractivity contribution is 0.249. The molecule has 0 radical (unpaired) electrons. The van der Waals surface area contributed by atoms with E-state index in [1.54, 1.807) is 0 Å². The maximum Gasteiger partial charge on any atom is 0.128 e. The summed E-state index contributed by atoms with van der Waals surface area (Å²) in [5.41, 5.74) is 3.58. The van der Waals surface area contributed by atoms with Gasteiger partial charge in [-0.25, -0.2) is 4.98 Å². The van der Waals surface area contributed by atoms with Gasteiger partial charge in [-0.2, -0.15) is 5.10 Å². The molecule has 1 aromatic carbocycles. The second-order valence-corrected chi connectivity index (χ2v) is 6.09. The van der Waals surface area contributed by atoms with Gasteiger partial charge in [0, 0.05) is 44.5 Å². The fraction of sp³-hybridized carbons (Fsp3) is 0.263. The topological polar surface area (TPSA) is 48.1 Å². The smallest absolute Gasteiger partial charge is 0.128 e. The Bertz CT molecular complexity index is 761. The summed E-state index contributed by atoms with van der Waals surface area (Å²) in [7, 11) is 0.